The first-order chi connectivity index (χ1) is 11.3. The molecule has 0 aromatic heterocycles. The molecule has 3 rings (SSSR count). The molecule has 1 saturated heterocycles. The molecule has 134 valence electrons. The molecule has 4 nitrogen and oxygen atoms in total. The molecular weight excluding hydrogens is 411 g/mol. The van der Waals surface area contributed by atoms with Gasteiger partial charge in [-0.05, 0) is 50.8 Å². The minimum absolute atomic E-state index is 0. The molecular formula is C19H31IN4. The summed E-state index contributed by atoms with van der Waals surface area (Å²) < 4.78 is 0. The Hall–Kier alpha value is -0.820. The lowest BCUT2D eigenvalue weighted by Crippen LogP contribution is -2.43. The van der Waals surface area contributed by atoms with Gasteiger partial charge >= 0.3 is 0 Å². The van der Waals surface area contributed by atoms with E-state index in [1.807, 2.05) is 7.05 Å². The summed E-state index contributed by atoms with van der Waals surface area (Å²) in [6, 6.07) is 9.42. The van der Waals surface area contributed by atoms with Gasteiger partial charge in [0.2, 0.25) is 0 Å². The number of para-hydroxylation sites is 1. The summed E-state index contributed by atoms with van der Waals surface area (Å²) in [7, 11) is 1.88. The van der Waals surface area contributed by atoms with Gasteiger partial charge in [-0.25, -0.2) is 0 Å². The van der Waals surface area contributed by atoms with Gasteiger partial charge in [0.15, 0.2) is 5.96 Å². The van der Waals surface area contributed by atoms with Gasteiger partial charge in [-0.1, -0.05) is 24.6 Å². The molecule has 1 atom stereocenters. The summed E-state index contributed by atoms with van der Waals surface area (Å²) in [6.45, 7) is 6.86. The highest BCUT2D eigenvalue weighted by Gasteiger charge is 2.22. The highest BCUT2D eigenvalue weighted by atomic mass is 127. The molecule has 1 unspecified atom stereocenters. The third-order valence-electron chi connectivity index (χ3n) is 5.20. The molecule has 0 bridgehead atoms. The second-order valence-electron chi connectivity index (χ2n) is 6.74. The number of piperidine rings is 1. The standard InChI is InChI=1S/C19H30N4.HI/c1-16-8-5-6-13-22(16)14-7-12-21-19(20-2)23-15-11-17-9-3-4-10-18(17)23;/h3-4,9-10,16H,5-8,11-15H2,1-2H3,(H,20,21);1H. The summed E-state index contributed by atoms with van der Waals surface area (Å²) in [5.74, 6) is 1.02. The topological polar surface area (TPSA) is 30.9 Å². The Balaban J connectivity index is 0.00000208. The van der Waals surface area contributed by atoms with Crippen LogP contribution >= 0.6 is 24.0 Å². The van der Waals surface area contributed by atoms with E-state index in [2.05, 4.69) is 51.3 Å². The predicted octanol–water partition coefficient (Wildman–Crippen LogP) is 3.51. The molecule has 1 fully saturated rings. The number of likely N-dealkylation sites (tertiary alicyclic amines) is 1. The first-order valence-corrected chi connectivity index (χ1v) is 9.09. The quantitative estimate of drug-likeness (QED) is 0.335. The van der Waals surface area contributed by atoms with Crippen molar-refractivity contribution in [1.82, 2.24) is 10.2 Å². The fourth-order valence-electron chi connectivity index (χ4n) is 3.83. The molecule has 0 saturated carbocycles. The van der Waals surface area contributed by atoms with Crippen molar-refractivity contribution in [2.75, 3.05) is 38.1 Å². The lowest BCUT2D eigenvalue weighted by Gasteiger charge is -2.33. The number of aliphatic imine (C=N–C) groups is 1. The van der Waals surface area contributed by atoms with E-state index in [0.717, 1.165) is 31.5 Å². The lowest BCUT2D eigenvalue weighted by molar-refractivity contribution is 0.159. The number of halogens is 1. The third kappa shape index (κ3) is 4.63. The first-order valence-electron chi connectivity index (χ1n) is 9.09. The predicted molar refractivity (Wildman–Crippen MR) is 114 cm³/mol. The van der Waals surface area contributed by atoms with Crippen molar-refractivity contribution in [1.29, 1.82) is 0 Å². The number of benzene rings is 1. The smallest absolute Gasteiger partial charge is 0.198 e. The molecule has 0 radical (unpaired) electrons. The number of hydrogen-bond acceptors (Lipinski definition) is 2. The summed E-state index contributed by atoms with van der Waals surface area (Å²) in [5.41, 5.74) is 2.74. The number of anilines is 1. The summed E-state index contributed by atoms with van der Waals surface area (Å²) in [5, 5.41) is 3.56. The zero-order valence-corrected chi connectivity index (χ0v) is 17.3. The molecule has 1 N–H and O–H groups in total. The number of rotatable bonds is 4. The largest absolute Gasteiger partial charge is 0.356 e. The number of nitrogens with zero attached hydrogens (tertiary/aromatic N) is 3. The minimum Gasteiger partial charge on any atom is -0.356 e. The zero-order valence-electron chi connectivity index (χ0n) is 15.0. The highest BCUT2D eigenvalue weighted by Crippen LogP contribution is 2.27. The Bertz CT molecular complexity index is 546. The van der Waals surface area contributed by atoms with Crippen molar-refractivity contribution in [3.63, 3.8) is 0 Å². The minimum atomic E-state index is 0. The molecule has 0 amide bonds. The lowest BCUT2D eigenvalue weighted by atomic mass is 10.0. The van der Waals surface area contributed by atoms with E-state index in [-0.39, 0.29) is 24.0 Å². The maximum Gasteiger partial charge on any atom is 0.198 e. The van der Waals surface area contributed by atoms with Crippen LogP contribution in [0.25, 0.3) is 0 Å². The summed E-state index contributed by atoms with van der Waals surface area (Å²) >= 11 is 0. The molecule has 1 aromatic carbocycles. The van der Waals surface area contributed by atoms with Gasteiger partial charge < -0.3 is 15.1 Å². The monoisotopic (exact) mass is 442 g/mol. The van der Waals surface area contributed by atoms with E-state index < -0.39 is 0 Å². The van der Waals surface area contributed by atoms with Crippen LogP contribution in [0, 0.1) is 0 Å². The van der Waals surface area contributed by atoms with Gasteiger partial charge in [0, 0.05) is 38.4 Å². The number of guanidine groups is 1. The fraction of sp³-hybridized carbons (Fsp3) is 0.632. The van der Waals surface area contributed by atoms with Gasteiger partial charge in [0.05, 0.1) is 0 Å². The Morgan fingerprint density at radius 3 is 2.88 bits per heavy atom. The molecule has 5 heteroatoms. The SMILES string of the molecule is CN=C(NCCCN1CCCCC1C)N1CCc2ccccc21.I. The molecule has 24 heavy (non-hydrogen) atoms. The highest BCUT2D eigenvalue weighted by molar-refractivity contribution is 14.0. The maximum absolute atomic E-state index is 4.49. The molecule has 1 aromatic rings. The first kappa shape index (κ1) is 19.5. The summed E-state index contributed by atoms with van der Waals surface area (Å²) in [6.07, 6.45) is 6.42. The number of hydrogen-bond donors (Lipinski definition) is 1. The van der Waals surface area contributed by atoms with Crippen molar-refractivity contribution < 1.29 is 0 Å². The van der Waals surface area contributed by atoms with E-state index in [0.29, 0.717) is 0 Å². The van der Waals surface area contributed by atoms with Crippen LogP contribution in [-0.2, 0) is 6.42 Å². The molecule has 2 aliphatic rings. The van der Waals surface area contributed by atoms with Crippen LogP contribution < -0.4 is 10.2 Å². The van der Waals surface area contributed by atoms with Gasteiger partial charge in [-0.15, -0.1) is 24.0 Å². The van der Waals surface area contributed by atoms with Crippen molar-refractivity contribution in [3.8, 4) is 0 Å². The normalized spacial score (nSPS) is 21.3. The van der Waals surface area contributed by atoms with Gasteiger partial charge in [0.25, 0.3) is 0 Å². The Labute approximate surface area is 163 Å². The van der Waals surface area contributed by atoms with E-state index in [9.17, 15) is 0 Å². The fourth-order valence-corrected chi connectivity index (χ4v) is 3.83. The van der Waals surface area contributed by atoms with Crippen LogP contribution in [0.5, 0.6) is 0 Å². The molecule has 2 aliphatic heterocycles. The van der Waals surface area contributed by atoms with E-state index in [1.165, 1.54) is 50.0 Å². The Kier molecular flexibility index (Phi) is 7.81. The molecule has 0 aliphatic carbocycles. The van der Waals surface area contributed by atoms with Crippen LogP contribution in [0.2, 0.25) is 0 Å². The Morgan fingerprint density at radius 2 is 2.08 bits per heavy atom. The van der Waals surface area contributed by atoms with Crippen LogP contribution in [0.15, 0.2) is 29.3 Å². The average molecular weight is 442 g/mol. The molecule has 0 spiro atoms. The number of nitrogens with one attached hydrogen (secondary N) is 1. The second kappa shape index (κ2) is 9.61. The van der Waals surface area contributed by atoms with Gasteiger partial charge in [-0.2, -0.15) is 0 Å². The van der Waals surface area contributed by atoms with Crippen LogP contribution in [0.1, 0.15) is 38.2 Å². The number of fused-ring (bicyclic) bond motifs is 1. The van der Waals surface area contributed by atoms with Crippen molar-refractivity contribution in [3.05, 3.63) is 29.8 Å². The van der Waals surface area contributed by atoms with Crippen molar-refractivity contribution in [2.24, 2.45) is 4.99 Å². The van der Waals surface area contributed by atoms with E-state index in [1.54, 1.807) is 0 Å². The molecule has 2 heterocycles. The van der Waals surface area contributed by atoms with E-state index >= 15 is 0 Å². The van der Waals surface area contributed by atoms with Crippen molar-refractivity contribution >= 4 is 35.6 Å². The van der Waals surface area contributed by atoms with Crippen LogP contribution in [0.3, 0.4) is 0 Å². The van der Waals surface area contributed by atoms with Gasteiger partial charge in [0.1, 0.15) is 0 Å². The third-order valence-corrected chi connectivity index (χ3v) is 5.20. The average Bonchev–Trinajstić information content (AvgIpc) is 3.00. The van der Waals surface area contributed by atoms with Crippen molar-refractivity contribution in [2.45, 2.75) is 45.1 Å². The van der Waals surface area contributed by atoms with Gasteiger partial charge in [-0.3, -0.25) is 4.99 Å². The van der Waals surface area contributed by atoms with Crippen LogP contribution in [0.4, 0.5) is 5.69 Å². The summed E-state index contributed by atoms with van der Waals surface area (Å²) in [4.78, 5) is 9.44. The second-order valence-corrected chi connectivity index (χ2v) is 6.74. The van der Waals surface area contributed by atoms with E-state index in [4.69, 9.17) is 0 Å². The zero-order chi connectivity index (χ0) is 16.1. The maximum atomic E-state index is 4.49. The van der Waals surface area contributed by atoms with Crippen LogP contribution in [-0.4, -0.2) is 50.1 Å². The Morgan fingerprint density at radius 1 is 1.25 bits per heavy atom.